The molecule has 2 aromatic carbocycles. The Morgan fingerprint density at radius 2 is 1.76 bits per heavy atom. The van der Waals surface area contributed by atoms with Gasteiger partial charge >= 0.3 is 0 Å². The molecule has 0 fully saturated rings. The summed E-state index contributed by atoms with van der Waals surface area (Å²) in [6.45, 7) is 6.27. The molecule has 3 rings (SSSR count). The number of nitrogens with zero attached hydrogens (tertiary/aromatic N) is 1. The normalized spacial score (nSPS) is 10.7. The minimum Gasteiger partial charge on any atom is -0.302 e. The number of rotatable bonds is 4. The first-order valence-corrected chi connectivity index (χ1v) is 9.26. The molecule has 0 unspecified atom stereocenters. The first-order valence-electron chi connectivity index (χ1n) is 8.00. The zero-order valence-electron chi connectivity index (χ0n) is 14.4. The second-order valence-electron chi connectivity index (χ2n) is 6.16. The molecule has 128 valence electrons. The summed E-state index contributed by atoms with van der Waals surface area (Å²) in [5.74, 6) is -0.0828. The number of thiazole rings is 1. The molecule has 25 heavy (non-hydrogen) atoms. The van der Waals surface area contributed by atoms with Crippen LogP contribution in [0.3, 0.4) is 0 Å². The van der Waals surface area contributed by atoms with E-state index in [2.05, 4.69) is 43.2 Å². The summed E-state index contributed by atoms with van der Waals surface area (Å²) in [6, 6.07) is 11.6. The molecule has 0 bridgehead atoms. The van der Waals surface area contributed by atoms with Crippen LogP contribution >= 0.6 is 22.9 Å². The van der Waals surface area contributed by atoms with Gasteiger partial charge in [-0.3, -0.25) is 4.79 Å². The second kappa shape index (κ2) is 7.38. The van der Waals surface area contributed by atoms with Gasteiger partial charge in [0.1, 0.15) is 0 Å². The molecular formula is C20H19ClN2OS. The fourth-order valence-electron chi connectivity index (χ4n) is 2.98. The van der Waals surface area contributed by atoms with E-state index in [1.807, 2.05) is 17.5 Å². The van der Waals surface area contributed by atoms with Crippen molar-refractivity contribution in [2.24, 2.45) is 0 Å². The standard InChI is InChI=1S/C20H19ClN2OS/c1-12-8-13(2)19(14(3)9-12)17-11-25-20(22-17)23-18(24)10-15-4-6-16(21)7-5-15/h4-9,11H,10H2,1-3H3,(H,22,23,24). The summed E-state index contributed by atoms with van der Waals surface area (Å²) in [5.41, 5.74) is 6.60. The van der Waals surface area contributed by atoms with Crippen molar-refractivity contribution in [3.63, 3.8) is 0 Å². The zero-order chi connectivity index (χ0) is 18.0. The predicted octanol–water partition coefficient (Wildman–Crippen LogP) is 5.57. The van der Waals surface area contributed by atoms with Gasteiger partial charge < -0.3 is 5.32 Å². The van der Waals surface area contributed by atoms with Gasteiger partial charge in [-0.05, 0) is 49.6 Å². The van der Waals surface area contributed by atoms with Gasteiger partial charge in [-0.2, -0.15) is 0 Å². The predicted molar refractivity (Wildman–Crippen MR) is 106 cm³/mol. The molecule has 0 aliphatic rings. The molecule has 0 radical (unpaired) electrons. The van der Waals surface area contributed by atoms with E-state index >= 15 is 0 Å². The van der Waals surface area contributed by atoms with E-state index in [1.54, 1.807) is 12.1 Å². The maximum Gasteiger partial charge on any atom is 0.230 e. The lowest BCUT2D eigenvalue weighted by Crippen LogP contribution is -2.14. The Balaban J connectivity index is 1.74. The number of nitrogens with one attached hydrogen (secondary N) is 1. The number of anilines is 1. The minimum atomic E-state index is -0.0828. The van der Waals surface area contributed by atoms with Crippen molar-refractivity contribution in [1.29, 1.82) is 0 Å². The van der Waals surface area contributed by atoms with Crippen molar-refractivity contribution < 1.29 is 4.79 Å². The molecule has 0 atom stereocenters. The maximum atomic E-state index is 12.2. The summed E-state index contributed by atoms with van der Waals surface area (Å²) < 4.78 is 0. The highest BCUT2D eigenvalue weighted by Crippen LogP contribution is 2.31. The Morgan fingerprint density at radius 3 is 2.40 bits per heavy atom. The topological polar surface area (TPSA) is 42.0 Å². The average Bonchev–Trinajstić information content (AvgIpc) is 2.96. The SMILES string of the molecule is Cc1cc(C)c(-c2csc(NC(=O)Cc3ccc(Cl)cc3)n2)c(C)c1. The van der Waals surface area contributed by atoms with Crippen molar-refractivity contribution >= 4 is 34.0 Å². The van der Waals surface area contributed by atoms with E-state index in [0.29, 0.717) is 16.6 Å². The first kappa shape index (κ1) is 17.6. The smallest absolute Gasteiger partial charge is 0.230 e. The van der Waals surface area contributed by atoms with Gasteiger partial charge in [0, 0.05) is 16.0 Å². The number of aromatic nitrogens is 1. The van der Waals surface area contributed by atoms with Crippen LogP contribution in [0.4, 0.5) is 5.13 Å². The van der Waals surface area contributed by atoms with Crippen molar-refractivity contribution in [3.8, 4) is 11.3 Å². The fraction of sp³-hybridized carbons (Fsp3) is 0.200. The van der Waals surface area contributed by atoms with Crippen molar-refractivity contribution in [2.45, 2.75) is 27.2 Å². The van der Waals surface area contributed by atoms with Crippen LogP contribution in [0.15, 0.2) is 41.8 Å². The monoisotopic (exact) mass is 370 g/mol. The number of carbonyl (C=O) groups excluding carboxylic acids is 1. The van der Waals surface area contributed by atoms with Crippen LogP contribution in [0.5, 0.6) is 0 Å². The number of amides is 1. The molecule has 1 aromatic heterocycles. The second-order valence-corrected chi connectivity index (χ2v) is 7.46. The Bertz CT molecular complexity index is 893. The van der Waals surface area contributed by atoms with Crippen LogP contribution in [0.25, 0.3) is 11.3 Å². The summed E-state index contributed by atoms with van der Waals surface area (Å²) in [6.07, 6.45) is 0.300. The number of hydrogen-bond acceptors (Lipinski definition) is 3. The number of benzene rings is 2. The Hall–Kier alpha value is -2.17. The molecule has 0 aliphatic heterocycles. The lowest BCUT2D eigenvalue weighted by Gasteiger charge is -2.08. The molecule has 3 nitrogen and oxygen atoms in total. The summed E-state index contributed by atoms with van der Waals surface area (Å²) in [7, 11) is 0. The number of aryl methyl sites for hydroxylation is 3. The van der Waals surface area contributed by atoms with Gasteiger partial charge in [0.05, 0.1) is 12.1 Å². The fourth-order valence-corrected chi connectivity index (χ4v) is 3.82. The van der Waals surface area contributed by atoms with Crippen LogP contribution in [0.2, 0.25) is 5.02 Å². The van der Waals surface area contributed by atoms with Crippen LogP contribution in [-0.2, 0) is 11.2 Å². The molecule has 1 N–H and O–H groups in total. The van der Waals surface area contributed by atoms with Crippen LogP contribution < -0.4 is 5.32 Å². The highest BCUT2D eigenvalue weighted by atomic mass is 35.5. The number of carbonyl (C=O) groups is 1. The van der Waals surface area contributed by atoms with E-state index < -0.39 is 0 Å². The quantitative estimate of drug-likeness (QED) is 0.652. The Morgan fingerprint density at radius 1 is 1.12 bits per heavy atom. The highest BCUT2D eigenvalue weighted by Gasteiger charge is 2.12. The number of halogens is 1. The summed E-state index contributed by atoms with van der Waals surface area (Å²) in [4.78, 5) is 16.8. The van der Waals surface area contributed by atoms with Gasteiger partial charge in [-0.15, -0.1) is 11.3 Å². The zero-order valence-corrected chi connectivity index (χ0v) is 16.0. The van der Waals surface area contributed by atoms with Gasteiger partial charge in [0.2, 0.25) is 5.91 Å². The molecule has 3 aromatic rings. The number of hydrogen-bond donors (Lipinski definition) is 1. The largest absolute Gasteiger partial charge is 0.302 e. The molecule has 0 saturated carbocycles. The molecule has 0 aliphatic carbocycles. The molecular weight excluding hydrogens is 352 g/mol. The molecule has 5 heteroatoms. The average molecular weight is 371 g/mol. The Labute approximate surface area is 156 Å². The maximum absolute atomic E-state index is 12.2. The van der Waals surface area contributed by atoms with Crippen molar-refractivity contribution in [2.75, 3.05) is 5.32 Å². The minimum absolute atomic E-state index is 0.0828. The summed E-state index contributed by atoms with van der Waals surface area (Å²) in [5, 5.41) is 6.15. The van der Waals surface area contributed by atoms with Crippen LogP contribution in [0.1, 0.15) is 22.3 Å². The van der Waals surface area contributed by atoms with E-state index in [9.17, 15) is 4.79 Å². The third kappa shape index (κ3) is 4.27. The van der Waals surface area contributed by atoms with Gasteiger partial charge in [-0.25, -0.2) is 4.98 Å². The van der Waals surface area contributed by atoms with Gasteiger partial charge in [-0.1, -0.05) is 41.4 Å². The van der Waals surface area contributed by atoms with Crippen LogP contribution in [-0.4, -0.2) is 10.9 Å². The third-order valence-corrected chi connectivity index (χ3v) is 4.97. The third-order valence-electron chi connectivity index (χ3n) is 3.96. The van der Waals surface area contributed by atoms with E-state index in [-0.39, 0.29) is 5.91 Å². The highest BCUT2D eigenvalue weighted by molar-refractivity contribution is 7.14. The molecule has 1 heterocycles. The Kier molecular flexibility index (Phi) is 5.21. The van der Waals surface area contributed by atoms with E-state index in [4.69, 9.17) is 11.6 Å². The van der Waals surface area contributed by atoms with Gasteiger partial charge in [0.15, 0.2) is 5.13 Å². The van der Waals surface area contributed by atoms with Crippen LogP contribution in [0, 0.1) is 20.8 Å². The van der Waals surface area contributed by atoms with Gasteiger partial charge in [0.25, 0.3) is 0 Å². The van der Waals surface area contributed by atoms with Crippen molar-refractivity contribution in [1.82, 2.24) is 4.98 Å². The molecule has 0 spiro atoms. The lowest BCUT2D eigenvalue weighted by molar-refractivity contribution is -0.115. The first-order chi connectivity index (χ1) is 11.9. The van der Waals surface area contributed by atoms with Crippen molar-refractivity contribution in [3.05, 3.63) is 69.1 Å². The van der Waals surface area contributed by atoms with E-state index in [1.165, 1.54) is 28.0 Å². The van der Waals surface area contributed by atoms with E-state index in [0.717, 1.165) is 16.8 Å². The molecule has 1 amide bonds. The summed E-state index contributed by atoms with van der Waals surface area (Å²) >= 11 is 7.31. The molecule has 0 saturated heterocycles. The lowest BCUT2D eigenvalue weighted by atomic mass is 9.98.